The zero-order valence-corrected chi connectivity index (χ0v) is 28.0. The molecule has 0 saturated carbocycles. The van der Waals surface area contributed by atoms with Gasteiger partial charge in [0.15, 0.2) is 11.5 Å². The van der Waals surface area contributed by atoms with Crippen molar-refractivity contribution in [3.05, 3.63) is 70.9 Å². The molecular weight excluding hydrogens is 696 g/mol. The third-order valence-electron chi connectivity index (χ3n) is 7.10. The number of ether oxygens (including phenoxy) is 1. The first-order valence-corrected chi connectivity index (χ1v) is 16.7. The quantitative estimate of drug-likeness (QED) is 0.0898. The number of nitrogens with one attached hydrogen (secondary N) is 3. The highest BCUT2D eigenvalue weighted by molar-refractivity contribution is 7.92. The molecule has 5 aromatic rings. The second-order valence-corrected chi connectivity index (χ2v) is 13.2. The summed E-state index contributed by atoms with van der Waals surface area (Å²) in [5.74, 6) is -2.07. The number of fused-ring (bicyclic) bond motifs is 1. The van der Waals surface area contributed by atoms with Crippen molar-refractivity contribution in [1.29, 1.82) is 0 Å². The summed E-state index contributed by atoms with van der Waals surface area (Å²) in [6.07, 6.45) is 1.57. The summed E-state index contributed by atoms with van der Waals surface area (Å²) < 4.78 is 40.5. The van der Waals surface area contributed by atoms with Gasteiger partial charge in [0.1, 0.15) is 6.04 Å². The minimum atomic E-state index is -4.30. The fourth-order valence-corrected chi connectivity index (χ4v) is 6.05. The van der Waals surface area contributed by atoms with Crippen LogP contribution in [0.15, 0.2) is 64.1 Å². The number of furan rings is 1. The van der Waals surface area contributed by atoms with E-state index in [9.17, 15) is 27.9 Å². The number of amides is 2. The summed E-state index contributed by atoms with van der Waals surface area (Å²) in [6, 6.07) is 10.6. The van der Waals surface area contributed by atoms with Gasteiger partial charge in [-0.05, 0) is 60.7 Å². The predicted molar refractivity (Wildman–Crippen MR) is 180 cm³/mol. The Morgan fingerprint density at radius 1 is 1.10 bits per heavy atom. The molecule has 0 fully saturated rings. The van der Waals surface area contributed by atoms with Gasteiger partial charge in [-0.15, -0.1) is 5.10 Å². The van der Waals surface area contributed by atoms with Crippen LogP contribution >= 0.6 is 11.6 Å². The van der Waals surface area contributed by atoms with Crippen molar-refractivity contribution in [1.82, 2.24) is 29.9 Å². The maximum absolute atomic E-state index is 13.2. The van der Waals surface area contributed by atoms with Crippen LogP contribution < -0.4 is 31.6 Å². The lowest BCUT2D eigenvalue weighted by Crippen LogP contribution is -2.45. The molecule has 0 spiro atoms. The second kappa shape index (κ2) is 14.7. The van der Waals surface area contributed by atoms with Crippen molar-refractivity contribution in [2.45, 2.75) is 37.6 Å². The summed E-state index contributed by atoms with van der Waals surface area (Å²) in [5.41, 5.74) is 12.1. The standard InChI is InChI=1S/C30H31ClN10O8S/c1-15(2)22(26(43)44)35-30(45)49-23-19(24(32)42)13-18(14-20(23)31)50(46,47)40-17-9-7-16(8-10-17)5-3-11-34-28-37-27(33)41-29(38-28)36-25(39-41)21-6-4-12-48-21/h4,6-10,12-15,22,40H,3,5,11H2,1-2H3,(H2,32,42)(H,35,45)(H,43,44)(H3,33,34,36,37,38,39). The van der Waals surface area contributed by atoms with Gasteiger partial charge < -0.3 is 36.4 Å². The second-order valence-electron chi connectivity index (χ2n) is 11.1. The van der Waals surface area contributed by atoms with Crippen LogP contribution in [0.5, 0.6) is 5.75 Å². The number of sulfonamides is 1. The van der Waals surface area contributed by atoms with Gasteiger partial charge in [-0.3, -0.25) is 9.52 Å². The Bertz CT molecular complexity index is 2160. The molecule has 2 aromatic carbocycles. The largest absolute Gasteiger partial charge is 0.480 e. The maximum atomic E-state index is 13.2. The number of aliphatic carboxylic acids is 1. The van der Waals surface area contributed by atoms with E-state index >= 15 is 0 Å². The number of carbonyl (C=O) groups excluding carboxylic acids is 2. The van der Waals surface area contributed by atoms with Crippen molar-refractivity contribution >= 4 is 63.0 Å². The van der Waals surface area contributed by atoms with E-state index < -0.39 is 61.2 Å². The van der Waals surface area contributed by atoms with Crippen LogP contribution in [-0.2, 0) is 21.2 Å². The number of aryl methyl sites for hydroxylation is 1. The van der Waals surface area contributed by atoms with Gasteiger partial charge in [0, 0.05) is 12.2 Å². The third-order valence-corrected chi connectivity index (χ3v) is 8.74. The summed E-state index contributed by atoms with van der Waals surface area (Å²) in [6.45, 7) is 3.62. The number of carboxylic acids is 1. The van der Waals surface area contributed by atoms with Crippen LogP contribution in [0.4, 0.5) is 22.4 Å². The number of hydrogen-bond donors (Lipinski definition) is 6. The Kier molecular flexibility index (Phi) is 10.4. The lowest BCUT2D eigenvalue weighted by atomic mass is 10.1. The zero-order chi connectivity index (χ0) is 36.2. The van der Waals surface area contributed by atoms with Gasteiger partial charge >= 0.3 is 12.1 Å². The van der Waals surface area contributed by atoms with Crippen LogP contribution in [0.3, 0.4) is 0 Å². The molecule has 5 rings (SSSR count). The third kappa shape index (κ3) is 8.18. The van der Waals surface area contributed by atoms with E-state index in [1.165, 1.54) is 10.8 Å². The number of anilines is 3. The molecule has 18 nitrogen and oxygen atoms in total. The highest BCUT2D eigenvalue weighted by Gasteiger charge is 2.28. The Hall–Kier alpha value is -5.95. The van der Waals surface area contributed by atoms with Gasteiger partial charge in [0.05, 0.1) is 21.7 Å². The van der Waals surface area contributed by atoms with Crippen molar-refractivity contribution in [3.63, 3.8) is 0 Å². The number of nitrogen functional groups attached to an aromatic ring is 1. The molecular formula is C30H31ClN10O8S. The predicted octanol–water partition coefficient (Wildman–Crippen LogP) is 3.16. The van der Waals surface area contributed by atoms with Crippen LogP contribution in [0, 0.1) is 5.92 Å². The minimum absolute atomic E-state index is 0.0958. The van der Waals surface area contributed by atoms with Gasteiger partial charge in [-0.1, -0.05) is 37.6 Å². The van der Waals surface area contributed by atoms with Crippen LogP contribution in [0.25, 0.3) is 17.4 Å². The summed E-state index contributed by atoms with van der Waals surface area (Å²) >= 11 is 6.22. The van der Waals surface area contributed by atoms with E-state index in [2.05, 4.69) is 35.4 Å². The van der Waals surface area contributed by atoms with Gasteiger partial charge in [0.25, 0.3) is 21.7 Å². The summed E-state index contributed by atoms with van der Waals surface area (Å²) in [4.78, 5) is 48.4. The average molecular weight is 727 g/mol. The van der Waals surface area contributed by atoms with E-state index in [-0.39, 0.29) is 23.4 Å². The highest BCUT2D eigenvalue weighted by atomic mass is 35.5. The van der Waals surface area contributed by atoms with Crippen molar-refractivity contribution in [3.8, 4) is 17.3 Å². The molecule has 0 aliphatic heterocycles. The molecule has 3 heterocycles. The molecule has 8 N–H and O–H groups in total. The van der Waals surface area contributed by atoms with Crippen LogP contribution in [0.1, 0.15) is 36.2 Å². The average Bonchev–Trinajstić information content (AvgIpc) is 3.74. The number of carbonyl (C=O) groups is 3. The number of primary amides is 1. The van der Waals surface area contributed by atoms with Gasteiger partial charge in [-0.2, -0.15) is 19.5 Å². The van der Waals surface area contributed by atoms with E-state index in [4.69, 9.17) is 32.2 Å². The molecule has 50 heavy (non-hydrogen) atoms. The first-order valence-electron chi connectivity index (χ1n) is 14.9. The first-order chi connectivity index (χ1) is 23.7. The fourth-order valence-electron chi connectivity index (χ4n) is 4.61. The maximum Gasteiger partial charge on any atom is 0.413 e. The highest BCUT2D eigenvalue weighted by Crippen LogP contribution is 2.33. The van der Waals surface area contributed by atoms with E-state index in [1.807, 2.05) is 0 Å². The van der Waals surface area contributed by atoms with Crippen LogP contribution in [0.2, 0.25) is 5.02 Å². The normalized spacial score (nSPS) is 12.1. The molecule has 1 atom stereocenters. The first kappa shape index (κ1) is 35.4. The summed E-state index contributed by atoms with van der Waals surface area (Å²) in [5, 5.41) is 18.4. The number of rotatable bonds is 14. The molecule has 0 aliphatic carbocycles. The molecule has 0 radical (unpaired) electrons. The minimum Gasteiger partial charge on any atom is -0.480 e. The van der Waals surface area contributed by atoms with Crippen molar-refractivity contribution < 1.29 is 37.1 Å². The zero-order valence-electron chi connectivity index (χ0n) is 26.5. The molecule has 3 aromatic heterocycles. The molecule has 0 saturated heterocycles. The topological polar surface area (TPSA) is 272 Å². The Labute approximate surface area is 289 Å². The lowest BCUT2D eigenvalue weighted by Gasteiger charge is -2.19. The number of carboxylic acid groups (broad SMARTS) is 1. The van der Waals surface area contributed by atoms with Gasteiger partial charge in [0.2, 0.25) is 17.7 Å². The number of halogens is 1. The molecule has 2 amide bonds. The summed E-state index contributed by atoms with van der Waals surface area (Å²) in [7, 11) is -4.30. The Morgan fingerprint density at radius 2 is 1.84 bits per heavy atom. The fraction of sp³-hybridized carbons (Fsp3) is 0.233. The Morgan fingerprint density at radius 3 is 2.48 bits per heavy atom. The molecule has 20 heteroatoms. The monoisotopic (exact) mass is 726 g/mol. The lowest BCUT2D eigenvalue weighted by molar-refractivity contribution is -0.140. The molecule has 0 bridgehead atoms. The smallest absolute Gasteiger partial charge is 0.413 e. The molecule has 0 aliphatic rings. The van der Waals surface area contributed by atoms with Crippen molar-refractivity contribution in [2.24, 2.45) is 11.7 Å². The number of nitrogens with two attached hydrogens (primary N) is 2. The van der Waals surface area contributed by atoms with Crippen LogP contribution in [-0.4, -0.2) is 68.6 Å². The number of aromatic nitrogens is 5. The van der Waals surface area contributed by atoms with Gasteiger partial charge in [-0.25, -0.2) is 18.0 Å². The number of hydrogen-bond acceptors (Lipinski definition) is 13. The molecule has 262 valence electrons. The number of nitrogens with zero attached hydrogens (tertiary/aromatic N) is 5. The molecule has 1 unspecified atom stereocenters. The van der Waals surface area contributed by atoms with E-state index in [0.717, 1.165) is 17.7 Å². The SMILES string of the molecule is CC(C)C(NC(=O)Oc1c(Cl)cc(S(=O)(=O)Nc2ccc(CCCNc3nc(N)n4nc(-c5ccco5)nc4n3)cc2)cc1C(N)=O)C(=O)O. The number of benzene rings is 2. The van der Waals surface area contributed by atoms with Crippen molar-refractivity contribution in [2.75, 3.05) is 22.3 Å². The Balaban J connectivity index is 1.19. The van der Waals surface area contributed by atoms with E-state index in [0.29, 0.717) is 31.0 Å². The van der Waals surface area contributed by atoms with E-state index in [1.54, 1.807) is 50.2 Å².